The third-order valence-corrected chi connectivity index (χ3v) is 3.46. The topological polar surface area (TPSA) is 32.3 Å². The molecule has 1 rings (SSSR count). The molecule has 0 aromatic carbocycles. The summed E-state index contributed by atoms with van der Waals surface area (Å²) < 4.78 is 0. The molecule has 1 unspecified atom stereocenters. The fraction of sp³-hybridized carbons (Fsp3) is 1.00. The van der Waals surface area contributed by atoms with Gasteiger partial charge in [-0.15, -0.1) is 0 Å². The monoisotopic (exact) mass is 199 g/mol. The maximum Gasteiger partial charge on any atom is 0.0445 e. The Labute approximate surface area is 88.1 Å². The summed E-state index contributed by atoms with van der Waals surface area (Å²) in [6.07, 6.45) is 7.42. The van der Waals surface area contributed by atoms with Gasteiger partial charge in [-0.25, -0.2) is 0 Å². The summed E-state index contributed by atoms with van der Waals surface area (Å²) in [4.78, 5) is 0. The van der Waals surface area contributed by atoms with Crippen molar-refractivity contribution in [1.29, 1.82) is 0 Å². The highest BCUT2D eigenvalue weighted by molar-refractivity contribution is 4.78. The van der Waals surface area contributed by atoms with Crippen LogP contribution in [-0.4, -0.2) is 23.8 Å². The first-order chi connectivity index (χ1) is 6.76. The van der Waals surface area contributed by atoms with Crippen LogP contribution in [-0.2, 0) is 0 Å². The van der Waals surface area contributed by atoms with Crippen LogP contribution in [0.2, 0.25) is 0 Å². The molecule has 1 aliphatic rings. The van der Waals surface area contributed by atoms with Crippen LogP contribution in [0, 0.1) is 5.92 Å². The molecule has 1 atom stereocenters. The van der Waals surface area contributed by atoms with Crippen molar-refractivity contribution in [2.24, 2.45) is 5.92 Å². The molecule has 1 fully saturated rings. The second-order valence-electron chi connectivity index (χ2n) is 4.74. The summed E-state index contributed by atoms with van der Waals surface area (Å²) in [6.45, 7) is 4.86. The molecule has 14 heavy (non-hydrogen) atoms. The molecule has 84 valence electrons. The van der Waals surface area contributed by atoms with Gasteiger partial charge in [0.15, 0.2) is 0 Å². The lowest BCUT2D eigenvalue weighted by atomic mass is 9.87. The van der Waals surface area contributed by atoms with Crippen molar-refractivity contribution in [3.8, 4) is 0 Å². The maximum absolute atomic E-state index is 8.90. The van der Waals surface area contributed by atoms with Gasteiger partial charge in [-0.1, -0.05) is 13.8 Å². The molecule has 0 spiro atoms. The van der Waals surface area contributed by atoms with E-state index < -0.39 is 0 Å². The molecule has 0 radical (unpaired) electrons. The fourth-order valence-corrected chi connectivity index (χ4v) is 2.32. The highest BCUT2D eigenvalue weighted by atomic mass is 16.3. The van der Waals surface area contributed by atoms with Crippen LogP contribution in [0.4, 0.5) is 0 Å². The minimum absolute atomic E-state index is 0.314. The Bertz CT molecular complexity index is 141. The zero-order chi connectivity index (χ0) is 10.4. The summed E-state index contributed by atoms with van der Waals surface area (Å²) in [7, 11) is 0. The van der Waals surface area contributed by atoms with E-state index >= 15 is 0 Å². The molecule has 1 saturated carbocycles. The largest absolute Gasteiger partial charge is 0.396 e. The predicted molar refractivity (Wildman–Crippen MR) is 60.3 cm³/mol. The third kappa shape index (κ3) is 3.97. The fourth-order valence-electron chi connectivity index (χ4n) is 2.32. The molecule has 1 aliphatic carbocycles. The zero-order valence-corrected chi connectivity index (χ0v) is 9.63. The zero-order valence-electron chi connectivity index (χ0n) is 9.63. The van der Waals surface area contributed by atoms with Crippen molar-refractivity contribution in [3.63, 3.8) is 0 Å². The number of aliphatic hydroxyl groups is 1. The van der Waals surface area contributed by atoms with Crippen molar-refractivity contribution in [1.82, 2.24) is 5.32 Å². The Morgan fingerprint density at radius 3 is 2.43 bits per heavy atom. The lowest BCUT2D eigenvalue weighted by Gasteiger charge is -2.30. The number of nitrogens with one attached hydrogen (secondary N) is 1. The SMILES string of the molecule is CCC(CCO)NC1CCC(C)CC1. The molecule has 0 amide bonds. The average Bonchev–Trinajstić information content (AvgIpc) is 2.20. The smallest absolute Gasteiger partial charge is 0.0445 e. The Balaban J connectivity index is 2.21. The van der Waals surface area contributed by atoms with Crippen molar-refractivity contribution in [2.75, 3.05) is 6.61 Å². The summed E-state index contributed by atoms with van der Waals surface area (Å²) >= 11 is 0. The average molecular weight is 199 g/mol. The molecule has 0 aromatic rings. The molecule has 0 aromatic heterocycles. The highest BCUT2D eigenvalue weighted by Crippen LogP contribution is 2.24. The molecule has 0 bridgehead atoms. The quantitative estimate of drug-likeness (QED) is 0.712. The van der Waals surface area contributed by atoms with Crippen molar-refractivity contribution < 1.29 is 5.11 Å². The normalized spacial score (nSPS) is 30.2. The lowest BCUT2D eigenvalue weighted by molar-refractivity contribution is 0.234. The second-order valence-corrected chi connectivity index (χ2v) is 4.74. The summed E-state index contributed by atoms with van der Waals surface area (Å²) in [6, 6.07) is 1.24. The minimum Gasteiger partial charge on any atom is -0.396 e. The third-order valence-electron chi connectivity index (χ3n) is 3.46. The Hall–Kier alpha value is -0.0800. The van der Waals surface area contributed by atoms with E-state index in [2.05, 4.69) is 19.2 Å². The molecule has 2 heteroatoms. The molecule has 2 N–H and O–H groups in total. The van der Waals surface area contributed by atoms with Gasteiger partial charge >= 0.3 is 0 Å². The van der Waals surface area contributed by atoms with Gasteiger partial charge < -0.3 is 10.4 Å². The van der Waals surface area contributed by atoms with E-state index in [9.17, 15) is 0 Å². The first-order valence-electron chi connectivity index (χ1n) is 6.13. The Morgan fingerprint density at radius 1 is 1.29 bits per heavy atom. The van der Waals surface area contributed by atoms with E-state index in [4.69, 9.17) is 5.11 Å². The van der Waals surface area contributed by atoms with E-state index in [1.807, 2.05) is 0 Å². The van der Waals surface area contributed by atoms with Gasteiger partial charge in [0.1, 0.15) is 0 Å². The first-order valence-corrected chi connectivity index (χ1v) is 6.13. The molecular weight excluding hydrogens is 174 g/mol. The van der Waals surface area contributed by atoms with Gasteiger partial charge in [-0.3, -0.25) is 0 Å². The number of hydrogen-bond donors (Lipinski definition) is 2. The summed E-state index contributed by atoms with van der Waals surface area (Å²) in [5.74, 6) is 0.922. The number of rotatable bonds is 5. The Kier molecular flexibility index (Phi) is 5.49. The molecule has 0 aliphatic heterocycles. The van der Waals surface area contributed by atoms with E-state index in [0.29, 0.717) is 18.7 Å². The molecule has 0 heterocycles. The van der Waals surface area contributed by atoms with Crippen LogP contribution >= 0.6 is 0 Å². The highest BCUT2D eigenvalue weighted by Gasteiger charge is 2.19. The van der Waals surface area contributed by atoms with E-state index in [0.717, 1.165) is 18.8 Å². The minimum atomic E-state index is 0.314. The van der Waals surface area contributed by atoms with Crippen LogP contribution in [0.15, 0.2) is 0 Å². The van der Waals surface area contributed by atoms with Gasteiger partial charge in [0, 0.05) is 18.7 Å². The second kappa shape index (κ2) is 6.41. The van der Waals surface area contributed by atoms with Gasteiger partial charge in [-0.2, -0.15) is 0 Å². The van der Waals surface area contributed by atoms with E-state index in [-0.39, 0.29) is 0 Å². The van der Waals surface area contributed by atoms with Crippen LogP contribution < -0.4 is 5.32 Å². The van der Waals surface area contributed by atoms with Crippen LogP contribution in [0.5, 0.6) is 0 Å². The van der Waals surface area contributed by atoms with E-state index in [1.165, 1.54) is 25.7 Å². The Morgan fingerprint density at radius 2 is 1.93 bits per heavy atom. The van der Waals surface area contributed by atoms with Crippen molar-refractivity contribution in [2.45, 2.75) is 64.5 Å². The van der Waals surface area contributed by atoms with Crippen molar-refractivity contribution in [3.05, 3.63) is 0 Å². The summed E-state index contributed by atoms with van der Waals surface area (Å²) in [5, 5.41) is 12.6. The van der Waals surface area contributed by atoms with Crippen molar-refractivity contribution >= 4 is 0 Å². The van der Waals surface area contributed by atoms with Crippen LogP contribution in [0.25, 0.3) is 0 Å². The standard InChI is InChI=1S/C12H25NO/c1-3-11(8-9-14)13-12-6-4-10(2)5-7-12/h10-14H,3-9H2,1-2H3. The molecule has 0 saturated heterocycles. The maximum atomic E-state index is 8.90. The van der Waals surface area contributed by atoms with E-state index in [1.54, 1.807) is 0 Å². The molecule has 2 nitrogen and oxygen atoms in total. The lowest BCUT2D eigenvalue weighted by Crippen LogP contribution is -2.40. The van der Waals surface area contributed by atoms with Gasteiger partial charge in [-0.05, 0) is 44.4 Å². The number of aliphatic hydroxyl groups excluding tert-OH is 1. The first kappa shape index (κ1) is 12.0. The predicted octanol–water partition coefficient (Wildman–Crippen LogP) is 2.32. The van der Waals surface area contributed by atoms with Gasteiger partial charge in [0.05, 0.1) is 0 Å². The molecular formula is C12H25NO. The van der Waals surface area contributed by atoms with Gasteiger partial charge in [0.25, 0.3) is 0 Å². The van der Waals surface area contributed by atoms with Gasteiger partial charge in [0.2, 0.25) is 0 Å². The van der Waals surface area contributed by atoms with Crippen LogP contribution in [0.3, 0.4) is 0 Å². The summed E-state index contributed by atoms with van der Waals surface area (Å²) in [5.41, 5.74) is 0. The van der Waals surface area contributed by atoms with Crippen LogP contribution in [0.1, 0.15) is 52.4 Å². The number of hydrogen-bond acceptors (Lipinski definition) is 2.